The van der Waals surface area contributed by atoms with Crippen LogP contribution in [0.25, 0.3) is 34.2 Å². The van der Waals surface area contributed by atoms with E-state index in [4.69, 9.17) is 9.52 Å². The first-order valence-corrected chi connectivity index (χ1v) is 8.87. The van der Waals surface area contributed by atoms with Crippen molar-refractivity contribution >= 4 is 29.1 Å². The van der Waals surface area contributed by atoms with Gasteiger partial charge in [-0.3, -0.25) is 4.79 Å². The van der Waals surface area contributed by atoms with Crippen molar-refractivity contribution in [2.75, 3.05) is 0 Å². The largest absolute Gasteiger partial charge is 0.872 e. The first-order chi connectivity index (χ1) is 14.0. The number of carboxylic acids is 1. The highest BCUT2D eigenvalue weighted by atomic mass is 16.4. The Labute approximate surface area is 165 Å². The molecule has 4 aromatic rings. The molecule has 0 atom stereocenters. The van der Waals surface area contributed by atoms with Crippen LogP contribution in [0, 0.1) is 0 Å². The van der Waals surface area contributed by atoms with Gasteiger partial charge in [0.2, 0.25) is 5.43 Å². The molecule has 1 N–H and O–H groups in total. The third-order valence-electron chi connectivity index (χ3n) is 4.54. The molecule has 0 bridgehead atoms. The fraction of sp³-hybridized carbons (Fsp3) is 0. The molecule has 5 nitrogen and oxygen atoms in total. The van der Waals surface area contributed by atoms with Crippen LogP contribution in [0.2, 0.25) is 0 Å². The van der Waals surface area contributed by atoms with Gasteiger partial charge in [0.05, 0.1) is 16.5 Å². The summed E-state index contributed by atoms with van der Waals surface area (Å²) < 4.78 is 5.91. The van der Waals surface area contributed by atoms with Crippen molar-refractivity contribution in [3.63, 3.8) is 0 Å². The number of carbonyl (C=O) groups is 1. The molecule has 0 aliphatic carbocycles. The van der Waals surface area contributed by atoms with Crippen molar-refractivity contribution in [2.45, 2.75) is 0 Å². The zero-order valence-electron chi connectivity index (χ0n) is 15.2. The van der Waals surface area contributed by atoms with E-state index in [1.807, 2.05) is 30.3 Å². The van der Waals surface area contributed by atoms with Gasteiger partial charge < -0.3 is 14.6 Å². The molecule has 29 heavy (non-hydrogen) atoms. The smallest absolute Gasteiger partial charge is 0.335 e. The monoisotopic (exact) mass is 383 g/mol. The van der Waals surface area contributed by atoms with E-state index in [0.29, 0.717) is 22.3 Å². The average molecular weight is 383 g/mol. The Morgan fingerprint density at radius 1 is 0.931 bits per heavy atom. The Bertz CT molecular complexity index is 1280. The van der Waals surface area contributed by atoms with Crippen molar-refractivity contribution in [1.29, 1.82) is 0 Å². The molecule has 5 heteroatoms. The Balaban J connectivity index is 1.87. The first-order valence-electron chi connectivity index (χ1n) is 8.87. The van der Waals surface area contributed by atoms with Gasteiger partial charge in [0.15, 0.2) is 0 Å². The third-order valence-corrected chi connectivity index (χ3v) is 4.54. The number of hydrogen-bond acceptors (Lipinski definition) is 4. The molecule has 0 aliphatic heterocycles. The van der Waals surface area contributed by atoms with Crippen LogP contribution < -0.4 is 10.5 Å². The van der Waals surface area contributed by atoms with Gasteiger partial charge in [-0.15, -0.1) is 5.75 Å². The van der Waals surface area contributed by atoms with Gasteiger partial charge in [-0.1, -0.05) is 54.6 Å². The van der Waals surface area contributed by atoms with Crippen LogP contribution in [0.1, 0.15) is 21.7 Å². The maximum absolute atomic E-state index is 13.1. The second-order valence-corrected chi connectivity index (χ2v) is 6.45. The topological polar surface area (TPSA) is 90.6 Å². The molecule has 0 fully saturated rings. The van der Waals surface area contributed by atoms with Crippen molar-refractivity contribution in [3.8, 4) is 16.9 Å². The molecule has 0 radical (unpaired) electrons. The highest BCUT2D eigenvalue weighted by molar-refractivity contribution is 5.89. The Hall–Kier alpha value is -4.12. The van der Waals surface area contributed by atoms with E-state index in [2.05, 4.69) is 0 Å². The molecule has 3 aromatic carbocycles. The third kappa shape index (κ3) is 3.66. The Morgan fingerprint density at radius 2 is 1.66 bits per heavy atom. The highest BCUT2D eigenvalue weighted by Crippen LogP contribution is 2.27. The van der Waals surface area contributed by atoms with Crippen molar-refractivity contribution in [1.82, 2.24) is 0 Å². The number of aromatic carboxylic acids is 1. The van der Waals surface area contributed by atoms with Gasteiger partial charge >= 0.3 is 5.97 Å². The van der Waals surface area contributed by atoms with Gasteiger partial charge in [-0.2, -0.15) is 0 Å². The predicted molar refractivity (Wildman–Crippen MR) is 110 cm³/mol. The first kappa shape index (κ1) is 18.3. The van der Waals surface area contributed by atoms with Gasteiger partial charge in [-0.25, -0.2) is 4.79 Å². The molecule has 0 amide bonds. The number of rotatable bonds is 4. The number of benzene rings is 3. The number of carboxylic acid groups (broad SMARTS) is 1. The van der Waals surface area contributed by atoms with Crippen LogP contribution in [-0.2, 0) is 0 Å². The fourth-order valence-electron chi connectivity index (χ4n) is 3.09. The molecule has 4 rings (SSSR count). The minimum absolute atomic E-state index is 0.187. The zero-order valence-corrected chi connectivity index (χ0v) is 15.2. The summed E-state index contributed by atoms with van der Waals surface area (Å²) in [6, 6.07) is 19.6. The van der Waals surface area contributed by atoms with Gasteiger partial charge in [0, 0.05) is 0 Å². The van der Waals surface area contributed by atoms with Gasteiger partial charge in [0.25, 0.3) is 0 Å². The van der Waals surface area contributed by atoms with E-state index in [1.165, 1.54) is 30.3 Å². The lowest BCUT2D eigenvalue weighted by molar-refractivity contribution is -0.268. The lowest BCUT2D eigenvalue weighted by Crippen LogP contribution is -2.07. The van der Waals surface area contributed by atoms with Crippen LogP contribution in [-0.4, -0.2) is 11.1 Å². The molecule has 1 aromatic heterocycles. The Morgan fingerprint density at radius 3 is 2.34 bits per heavy atom. The second kappa shape index (κ2) is 7.48. The molecule has 0 spiro atoms. The Kier molecular flexibility index (Phi) is 4.71. The quantitative estimate of drug-likeness (QED) is 0.564. The van der Waals surface area contributed by atoms with Crippen molar-refractivity contribution in [2.24, 2.45) is 0 Å². The van der Waals surface area contributed by atoms with Crippen LogP contribution in [0.4, 0.5) is 0 Å². The highest BCUT2D eigenvalue weighted by Gasteiger charge is 2.14. The summed E-state index contributed by atoms with van der Waals surface area (Å²) >= 11 is 0. The van der Waals surface area contributed by atoms with Gasteiger partial charge in [-0.05, 0) is 41.5 Å². The fourth-order valence-corrected chi connectivity index (χ4v) is 3.09. The van der Waals surface area contributed by atoms with Crippen LogP contribution >= 0.6 is 0 Å². The molecule has 0 saturated heterocycles. The molecule has 142 valence electrons. The van der Waals surface area contributed by atoms with Crippen LogP contribution in [0.15, 0.2) is 82.0 Å². The molecular weight excluding hydrogens is 368 g/mol. The molecule has 0 saturated carbocycles. The molecule has 0 unspecified atom stereocenters. The summed E-state index contributed by atoms with van der Waals surface area (Å²) in [7, 11) is 0. The predicted octanol–water partition coefficient (Wildman–Crippen LogP) is 4.40. The minimum atomic E-state index is -0.999. The zero-order chi connectivity index (χ0) is 20.4. The van der Waals surface area contributed by atoms with Crippen LogP contribution in [0.3, 0.4) is 0 Å². The van der Waals surface area contributed by atoms with E-state index < -0.39 is 5.97 Å². The van der Waals surface area contributed by atoms with E-state index in [1.54, 1.807) is 24.3 Å². The summed E-state index contributed by atoms with van der Waals surface area (Å²) in [5.41, 5.74) is 2.04. The van der Waals surface area contributed by atoms with Gasteiger partial charge in [0.1, 0.15) is 11.3 Å². The normalized spacial score (nSPS) is 11.2. The molecule has 1 heterocycles. The molecule has 0 aliphatic rings. The number of fused-ring (bicyclic) bond motifs is 1. The summed E-state index contributed by atoms with van der Waals surface area (Å²) in [5.74, 6) is -0.922. The maximum Gasteiger partial charge on any atom is 0.335 e. The lowest BCUT2D eigenvalue weighted by atomic mass is 10.0. The van der Waals surface area contributed by atoms with Crippen molar-refractivity contribution in [3.05, 3.63) is 99.9 Å². The maximum atomic E-state index is 13.1. The standard InChI is InChI=1S/C24H16O5/c25-18-11-12-19-21(14-18)29-20(22(23(19)26)16-4-2-1-3-5-16)13-8-15-6-9-17(10-7-15)24(27)28/h1-14,25H,(H,27,28)/p-1/b13-8+. The van der Waals surface area contributed by atoms with Crippen molar-refractivity contribution < 1.29 is 19.4 Å². The van der Waals surface area contributed by atoms with E-state index >= 15 is 0 Å². The molecular formula is C24H15O5-. The summed E-state index contributed by atoms with van der Waals surface area (Å²) in [4.78, 5) is 24.1. The summed E-state index contributed by atoms with van der Waals surface area (Å²) in [6.07, 6.45) is 3.37. The summed E-state index contributed by atoms with van der Waals surface area (Å²) in [6.45, 7) is 0. The van der Waals surface area contributed by atoms with E-state index in [0.717, 1.165) is 5.56 Å². The average Bonchev–Trinajstić information content (AvgIpc) is 2.73. The van der Waals surface area contributed by atoms with E-state index in [-0.39, 0.29) is 22.3 Å². The van der Waals surface area contributed by atoms with E-state index in [9.17, 15) is 14.7 Å². The van der Waals surface area contributed by atoms with Crippen LogP contribution in [0.5, 0.6) is 5.75 Å². The lowest BCUT2D eigenvalue weighted by Gasteiger charge is -2.10. The second-order valence-electron chi connectivity index (χ2n) is 6.45. The summed E-state index contributed by atoms with van der Waals surface area (Å²) in [5, 5.41) is 21.0. The number of hydrogen-bond donors (Lipinski definition) is 1. The SMILES string of the molecule is O=C(O)c1ccc(/C=C/c2oc3cc([O-])ccc3c(=O)c2-c2ccccc2)cc1. The minimum Gasteiger partial charge on any atom is -0.872 e.